The number of aliphatic hydroxyl groups is 1. The maximum absolute atomic E-state index is 11.7. The number of carbonyl (C=O) groups excluding carboxylic acids is 1. The van der Waals surface area contributed by atoms with Crippen LogP contribution in [-0.4, -0.2) is 40.7 Å². The quantitative estimate of drug-likeness (QED) is 0.776. The number of rotatable bonds is 3. The van der Waals surface area contributed by atoms with E-state index in [2.05, 4.69) is 0 Å². The zero-order valence-electron chi connectivity index (χ0n) is 8.97. The molecule has 1 heterocycles. The first kappa shape index (κ1) is 11.0. The summed E-state index contributed by atoms with van der Waals surface area (Å²) in [5.41, 5.74) is 0.817. The maximum atomic E-state index is 11.7. The normalized spacial score (nSPS) is 15.9. The summed E-state index contributed by atoms with van der Waals surface area (Å²) in [4.78, 5) is 13.5. The van der Waals surface area contributed by atoms with Gasteiger partial charge in [0.25, 0.3) is 0 Å². The van der Waals surface area contributed by atoms with Crippen LogP contribution in [0, 0.1) is 5.92 Å². The second-order valence-electron chi connectivity index (χ2n) is 4.19. The van der Waals surface area contributed by atoms with Crippen LogP contribution in [0.3, 0.4) is 0 Å². The summed E-state index contributed by atoms with van der Waals surface area (Å²) in [6, 6.07) is 6.73. The van der Waals surface area contributed by atoms with Gasteiger partial charge in [-0.15, -0.1) is 0 Å². The number of amides is 1. The van der Waals surface area contributed by atoms with Crippen LogP contribution in [0.25, 0.3) is 0 Å². The minimum Gasteiger partial charge on any atom is -0.508 e. The molecular formula is C12H15NO3. The fourth-order valence-corrected chi connectivity index (χ4v) is 1.84. The molecule has 0 bridgehead atoms. The van der Waals surface area contributed by atoms with E-state index in [0.717, 1.165) is 5.56 Å². The lowest BCUT2D eigenvalue weighted by Gasteiger charge is -2.38. The molecule has 86 valence electrons. The average molecular weight is 221 g/mol. The van der Waals surface area contributed by atoms with Gasteiger partial charge >= 0.3 is 0 Å². The molecule has 0 aromatic heterocycles. The SMILES string of the molecule is O=C(Cc1cccc(O)c1)N1CC(CO)C1. The molecule has 0 unspecified atom stereocenters. The lowest BCUT2D eigenvalue weighted by atomic mass is 10.00. The summed E-state index contributed by atoms with van der Waals surface area (Å²) in [6.07, 6.45) is 0.312. The van der Waals surface area contributed by atoms with Gasteiger partial charge in [0.15, 0.2) is 0 Å². The van der Waals surface area contributed by atoms with E-state index >= 15 is 0 Å². The van der Waals surface area contributed by atoms with Crippen molar-refractivity contribution in [2.45, 2.75) is 6.42 Å². The molecule has 1 aromatic carbocycles. The molecule has 0 spiro atoms. The van der Waals surface area contributed by atoms with Gasteiger partial charge in [-0.05, 0) is 17.7 Å². The molecule has 0 radical (unpaired) electrons. The van der Waals surface area contributed by atoms with Crippen molar-refractivity contribution in [3.05, 3.63) is 29.8 Å². The third-order valence-electron chi connectivity index (χ3n) is 2.83. The molecule has 0 aliphatic carbocycles. The third kappa shape index (κ3) is 2.33. The largest absolute Gasteiger partial charge is 0.508 e. The zero-order valence-corrected chi connectivity index (χ0v) is 8.97. The number of aliphatic hydroxyl groups excluding tert-OH is 1. The summed E-state index contributed by atoms with van der Waals surface area (Å²) in [5.74, 6) is 0.477. The number of phenols is 1. The molecular weight excluding hydrogens is 206 g/mol. The van der Waals surface area contributed by atoms with E-state index in [1.54, 1.807) is 23.1 Å². The number of carbonyl (C=O) groups is 1. The standard InChI is InChI=1S/C12H15NO3/c14-8-10-6-13(7-10)12(16)5-9-2-1-3-11(15)4-9/h1-4,10,14-15H,5-8H2. The van der Waals surface area contributed by atoms with Crippen molar-refractivity contribution in [2.75, 3.05) is 19.7 Å². The predicted octanol–water partition coefficient (Wildman–Crippen LogP) is 0.385. The predicted molar refractivity (Wildman–Crippen MR) is 59.0 cm³/mol. The minimum absolute atomic E-state index is 0.0512. The molecule has 16 heavy (non-hydrogen) atoms. The van der Waals surface area contributed by atoms with Gasteiger partial charge in [0.2, 0.25) is 5.91 Å². The van der Waals surface area contributed by atoms with Crippen LogP contribution < -0.4 is 0 Å². The highest BCUT2D eigenvalue weighted by atomic mass is 16.3. The zero-order chi connectivity index (χ0) is 11.5. The van der Waals surface area contributed by atoms with Crippen molar-refractivity contribution < 1.29 is 15.0 Å². The Morgan fingerprint density at radius 2 is 2.19 bits per heavy atom. The molecule has 1 saturated heterocycles. The molecule has 2 rings (SSSR count). The third-order valence-corrected chi connectivity index (χ3v) is 2.83. The Labute approximate surface area is 94.1 Å². The van der Waals surface area contributed by atoms with Gasteiger partial charge < -0.3 is 15.1 Å². The van der Waals surface area contributed by atoms with Crippen molar-refractivity contribution in [1.29, 1.82) is 0 Å². The lowest BCUT2D eigenvalue weighted by molar-refractivity contribution is -0.137. The number of hydrogen-bond donors (Lipinski definition) is 2. The summed E-state index contributed by atoms with van der Waals surface area (Å²) in [5, 5.41) is 18.1. The summed E-state index contributed by atoms with van der Waals surface area (Å²) in [7, 11) is 0. The van der Waals surface area contributed by atoms with Crippen LogP contribution in [0.1, 0.15) is 5.56 Å². The maximum Gasteiger partial charge on any atom is 0.227 e. The monoisotopic (exact) mass is 221 g/mol. The van der Waals surface area contributed by atoms with Crippen LogP contribution in [0.4, 0.5) is 0 Å². The van der Waals surface area contributed by atoms with Crippen LogP contribution >= 0.6 is 0 Å². The van der Waals surface area contributed by atoms with Crippen molar-refractivity contribution >= 4 is 5.91 Å². The topological polar surface area (TPSA) is 60.8 Å². The molecule has 2 N–H and O–H groups in total. The second kappa shape index (κ2) is 4.53. The Balaban J connectivity index is 1.89. The molecule has 4 heteroatoms. The highest BCUT2D eigenvalue weighted by molar-refractivity contribution is 5.79. The fraction of sp³-hybridized carbons (Fsp3) is 0.417. The van der Waals surface area contributed by atoms with Crippen LogP contribution in [0.5, 0.6) is 5.75 Å². The minimum atomic E-state index is 0.0512. The van der Waals surface area contributed by atoms with Gasteiger partial charge in [-0.2, -0.15) is 0 Å². The van der Waals surface area contributed by atoms with E-state index in [1.165, 1.54) is 0 Å². The fourth-order valence-electron chi connectivity index (χ4n) is 1.84. The van der Waals surface area contributed by atoms with E-state index in [4.69, 9.17) is 5.11 Å². The Morgan fingerprint density at radius 3 is 2.81 bits per heavy atom. The number of hydrogen-bond acceptors (Lipinski definition) is 3. The van der Waals surface area contributed by atoms with Crippen molar-refractivity contribution in [3.8, 4) is 5.75 Å². The average Bonchev–Trinajstić information content (AvgIpc) is 2.15. The van der Waals surface area contributed by atoms with Gasteiger partial charge in [0, 0.05) is 25.6 Å². The van der Waals surface area contributed by atoms with E-state index in [9.17, 15) is 9.90 Å². The summed E-state index contributed by atoms with van der Waals surface area (Å²) < 4.78 is 0. The first-order chi connectivity index (χ1) is 7.69. The van der Waals surface area contributed by atoms with Gasteiger partial charge in [-0.1, -0.05) is 12.1 Å². The molecule has 1 aromatic rings. The van der Waals surface area contributed by atoms with Gasteiger partial charge in [0.05, 0.1) is 6.42 Å². The molecule has 1 aliphatic heterocycles. The summed E-state index contributed by atoms with van der Waals surface area (Å²) >= 11 is 0. The number of benzene rings is 1. The number of aromatic hydroxyl groups is 1. The molecule has 1 aliphatic rings. The molecule has 0 saturated carbocycles. The van der Waals surface area contributed by atoms with Crippen molar-refractivity contribution in [3.63, 3.8) is 0 Å². The van der Waals surface area contributed by atoms with Crippen LogP contribution in [0.2, 0.25) is 0 Å². The van der Waals surface area contributed by atoms with E-state index in [-0.39, 0.29) is 24.2 Å². The Morgan fingerprint density at radius 1 is 1.44 bits per heavy atom. The number of nitrogens with zero attached hydrogens (tertiary/aromatic N) is 1. The molecule has 1 amide bonds. The molecule has 1 fully saturated rings. The van der Waals surface area contributed by atoms with Crippen LogP contribution in [0.15, 0.2) is 24.3 Å². The second-order valence-corrected chi connectivity index (χ2v) is 4.19. The van der Waals surface area contributed by atoms with E-state index < -0.39 is 0 Å². The van der Waals surface area contributed by atoms with E-state index in [1.807, 2.05) is 6.07 Å². The molecule has 4 nitrogen and oxygen atoms in total. The Bertz CT molecular complexity index is 386. The highest BCUT2D eigenvalue weighted by Crippen LogP contribution is 2.17. The van der Waals surface area contributed by atoms with Crippen molar-refractivity contribution in [2.24, 2.45) is 5.92 Å². The van der Waals surface area contributed by atoms with Crippen molar-refractivity contribution in [1.82, 2.24) is 4.90 Å². The van der Waals surface area contributed by atoms with Gasteiger partial charge in [0.1, 0.15) is 5.75 Å². The van der Waals surface area contributed by atoms with Gasteiger partial charge in [-0.25, -0.2) is 0 Å². The molecule has 0 atom stereocenters. The van der Waals surface area contributed by atoms with E-state index in [0.29, 0.717) is 19.5 Å². The first-order valence-corrected chi connectivity index (χ1v) is 5.35. The lowest BCUT2D eigenvalue weighted by Crippen LogP contribution is -2.51. The highest BCUT2D eigenvalue weighted by Gasteiger charge is 2.29. The Hall–Kier alpha value is -1.55. The number of likely N-dealkylation sites (tertiary alicyclic amines) is 1. The van der Waals surface area contributed by atoms with Crippen LogP contribution in [-0.2, 0) is 11.2 Å². The smallest absolute Gasteiger partial charge is 0.227 e. The Kier molecular flexibility index (Phi) is 3.10. The summed E-state index contributed by atoms with van der Waals surface area (Å²) in [6.45, 7) is 1.44. The number of phenolic OH excluding ortho intramolecular Hbond substituents is 1. The first-order valence-electron chi connectivity index (χ1n) is 5.35. The van der Waals surface area contributed by atoms with Gasteiger partial charge in [-0.3, -0.25) is 4.79 Å².